The van der Waals surface area contributed by atoms with Crippen molar-refractivity contribution in [3.05, 3.63) is 36.2 Å². The Morgan fingerprint density at radius 1 is 1.53 bits per heavy atom. The van der Waals surface area contributed by atoms with E-state index in [0.29, 0.717) is 5.69 Å². The Labute approximate surface area is 89.4 Å². The number of aromatic nitrogens is 1. The topological polar surface area (TPSA) is 33.2 Å². The number of Topliss-reactive ketones (excluding diaryl/α,β-unsaturated/α-hetero) is 1. The Morgan fingerprint density at radius 3 is 2.80 bits per heavy atom. The zero-order valence-electron chi connectivity index (χ0n) is 8.86. The van der Waals surface area contributed by atoms with E-state index in [0.717, 1.165) is 25.2 Å². The van der Waals surface area contributed by atoms with Crippen LogP contribution >= 0.6 is 0 Å². The van der Waals surface area contributed by atoms with E-state index in [9.17, 15) is 4.79 Å². The van der Waals surface area contributed by atoms with Gasteiger partial charge in [0.25, 0.3) is 0 Å². The fraction of sp³-hybridized carbons (Fsp3) is 0.333. The maximum absolute atomic E-state index is 11.0. The Morgan fingerprint density at radius 2 is 2.33 bits per heavy atom. The molecule has 1 saturated heterocycles. The summed E-state index contributed by atoms with van der Waals surface area (Å²) in [5, 5.41) is 0. The number of carbonyl (C=O) groups is 1. The summed E-state index contributed by atoms with van der Waals surface area (Å²) in [5.74, 6) is 0.00683. The van der Waals surface area contributed by atoms with Crippen molar-refractivity contribution in [2.45, 2.75) is 13.3 Å². The lowest BCUT2D eigenvalue weighted by molar-refractivity contribution is 0.101. The highest BCUT2D eigenvalue weighted by Crippen LogP contribution is 2.21. The third-order valence-corrected chi connectivity index (χ3v) is 2.62. The number of pyridine rings is 1. The summed E-state index contributed by atoms with van der Waals surface area (Å²) < 4.78 is 0. The van der Waals surface area contributed by atoms with E-state index in [1.165, 1.54) is 12.5 Å². The minimum atomic E-state index is 0.00683. The number of carbonyl (C=O) groups excluding carboxylic acids is 1. The van der Waals surface area contributed by atoms with Crippen molar-refractivity contribution >= 4 is 11.5 Å². The van der Waals surface area contributed by atoms with Crippen LogP contribution in [0.4, 0.5) is 5.69 Å². The Bertz CT molecular complexity index is 395. The van der Waals surface area contributed by atoms with Gasteiger partial charge in [-0.3, -0.25) is 9.78 Å². The fourth-order valence-electron chi connectivity index (χ4n) is 1.72. The fourth-order valence-corrected chi connectivity index (χ4v) is 1.72. The van der Waals surface area contributed by atoms with Crippen molar-refractivity contribution in [2.75, 3.05) is 18.0 Å². The molecule has 0 aromatic carbocycles. The molecular weight excluding hydrogens is 188 g/mol. The van der Waals surface area contributed by atoms with Crippen LogP contribution in [0.3, 0.4) is 0 Å². The number of hydrogen-bond donors (Lipinski definition) is 0. The lowest BCUT2D eigenvalue weighted by atomic mass is 10.2. The summed E-state index contributed by atoms with van der Waals surface area (Å²) in [4.78, 5) is 17.4. The molecule has 2 rings (SSSR count). The molecule has 1 aliphatic rings. The summed E-state index contributed by atoms with van der Waals surface area (Å²) in [6.45, 7) is 7.39. The predicted octanol–water partition coefficient (Wildman–Crippen LogP) is 2.05. The van der Waals surface area contributed by atoms with Crippen molar-refractivity contribution in [1.82, 2.24) is 4.98 Å². The van der Waals surface area contributed by atoms with Gasteiger partial charge in [-0.2, -0.15) is 0 Å². The smallest absolute Gasteiger partial charge is 0.178 e. The van der Waals surface area contributed by atoms with E-state index in [1.54, 1.807) is 12.3 Å². The van der Waals surface area contributed by atoms with E-state index >= 15 is 0 Å². The van der Waals surface area contributed by atoms with Crippen LogP contribution in [0.25, 0.3) is 0 Å². The third-order valence-electron chi connectivity index (χ3n) is 2.62. The summed E-state index contributed by atoms with van der Waals surface area (Å²) in [5.41, 5.74) is 2.85. The van der Waals surface area contributed by atoms with Gasteiger partial charge in [-0.05, 0) is 18.6 Å². The molecule has 0 aliphatic carbocycles. The normalized spacial score (nSPS) is 15.8. The lowest BCUT2D eigenvalue weighted by Gasteiger charge is -2.16. The molecule has 1 aromatic rings. The Kier molecular flexibility index (Phi) is 2.54. The van der Waals surface area contributed by atoms with Gasteiger partial charge in [-0.25, -0.2) is 0 Å². The standard InChI is InChI=1S/C12H14N2O/c1-9-5-6-14(8-9)11-3-4-12(10(2)15)13-7-11/h3-4,7H,1,5-6,8H2,2H3. The summed E-state index contributed by atoms with van der Waals surface area (Å²) in [6, 6.07) is 3.72. The highest BCUT2D eigenvalue weighted by molar-refractivity contribution is 5.92. The largest absolute Gasteiger partial charge is 0.366 e. The average molecular weight is 202 g/mol. The molecule has 1 aliphatic heterocycles. The molecule has 15 heavy (non-hydrogen) atoms. The second kappa shape index (κ2) is 3.85. The summed E-state index contributed by atoms with van der Waals surface area (Å²) in [6.07, 6.45) is 2.81. The second-order valence-corrected chi connectivity index (χ2v) is 3.88. The van der Waals surface area contributed by atoms with Crippen LogP contribution in [-0.2, 0) is 0 Å². The zero-order chi connectivity index (χ0) is 10.8. The number of ketones is 1. The maximum Gasteiger partial charge on any atom is 0.178 e. The Balaban J connectivity index is 2.17. The molecule has 0 bridgehead atoms. The molecule has 1 aromatic heterocycles. The number of nitrogens with zero attached hydrogens (tertiary/aromatic N) is 2. The van der Waals surface area contributed by atoms with Gasteiger partial charge in [0.1, 0.15) is 5.69 Å². The quantitative estimate of drug-likeness (QED) is 0.543. The molecule has 3 nitrogen and oxygen atoms in total. The number of hydrogen-bond acceptors (Lipinski definition) is 3. The second-order valence-electron chi connectivity index (χ2n) is 3.88. The van der Waals surface area contributed by atoms with Crippen LogP contribution in [0.5, 0.6) is 0 Å². The molecule has 0 amide bonds. The molecule has 2 heterocycles. The van der Waals surface area contributed by atoms with Crippen LogP contribution in [0.2, 0.25) is 0 Å². The molecular formula is C12H14N2O. The van der Waals surface area contributed by atoms with Gasteiger partial charge in [0.15, 0.2) is 5.78 Å². The van der Waals surface area contributed by atoms with Gasteiger partial charge in [0.2, 0.25) is 0 Å². The predicted molar refractivity (Wildman–Crippen MR) is 60.2 cm³/mol. The van der Waals surface area contributed by atoms with Gasteiger partial charge in [-0.1, -0.05) is 12.2 Å². The molecule has 78 valence electrons. The minimum Gasteiger partial charge on any atom is -0.366 e. The van der Waals surface area contributed by atoms with E-state index in [-0.39, 0.29) is 5.78 Å². The summed E-state index contributed by atoms with van der Waals surface area (Å²) in [7, 11) is 0. The summed E-state index contributed by atoms with van der Waals surface area (Å²) >= 11 is 0. The van der Waals surface area contributed by atoms with Gasteiger partial charge in [0, 0.05) is 20.0 Å². The first-order chi connectivity index (χ1) is 7.16. The third kappa shape index (κ3) is 2.06. The molecule has 0 spiro atoms. The van der Waals surface area contributed by atoms with Crippen molar-refractivity contribution < 1.29 is 4.79 Å². The SMILES string of the molecule is C=C1CCN(c2ccc(C(C)=O)nc2)C1. The monoisotopic (exact) mass is 202 g/mol. The first-order valence-electron chi connectivity index (χ1n) is 5.05. The number of anilines is 1. The van der Waals surface area contributed by atoms with E-state index in [4.69, 9.17) is 0 Å². The highest BCUT2D eigenvalue weighted by Gasteiger charge is 2.15. The minimum absolute atomic E-state index is 0.00683. The van der Waals surface area contributed by atoms with Crippen LogP contribution in [0.15, 0.2) is 30.5 Å². The van der Waals surface area contributed by atoms with Gasteiger partial charge in [0.05, 0.1) is 11.9 Å². The molecule has 0 atom stereocenters. The van der Waals surface area contributed by atoms with Crippen molar-refractivity contribution in [3.63, 3.8) is 0 Å². The average Bonchev–Trinajstić information content (AvgIpc) is 2.65. The molecule has 0 saturated carbocycles. The molecule has 0 radical (unpaired) electrons. The van der Waals surface area contributed by atoms with Crippen LogP contribution < -0.4 is 4.90 Å². The number of rotatable bonds is 2. The molecule has 0 unspecified atom stereocenters. The Hall–Kier alpha value is -1.64. The molecule has 1 fully saturated rings. The van der Waals surface area contributed by atoms with Gasteiger partial charge >= 0.3 is 0 Å². The van der Waals surface area contributed by atoms with Crippen LogP contribution in [0.1, 0.15) is 23.8 Å². The van der Waals surface area contributed by atoms with Crippen LogP contribution in [0, 0.1) is 0 Å². The lowest BCUT2D eigenvalue weighted by Crippen LogP contribution is -2.18. The first-order valence-corrected chi connectivity index (χ1v) is 5.05. The van der Waals surface area contributed by atoms with Gasteiger partial charge < -0.3 is 4.90 Å². The maximum atomic E-state index is 11.0. The molecule has 3 heteroatoms. The van der Waals surface area contributed by atoms with Crippen molar-refractivity contribution in [3.8, 4) is 0 Å². The van der Waals surface area contributed by atoms with Crippen LogP contribution in [-0.4, -0.2) is 23.9 Å². The van der Waals surface area contributed by atoms with Gasteiger partial charge in [-0.15, -0.1) is 0 Å². The van der Waals surface area contributed by atoms with Crippen molar-refractivity contribution in [1.29, 1.82) is 0 Å². The zero-order valence-corrected chi connectivity index (χ0v) is 8.86. The van der Waals surface area contributed by atoms with E-state index < -0.39 is 0 Å². The highest BCUT2D eigenvalue weighted by atomic mass is 16.1. The van der Waals surface area contributed by atoms with E-state index in [1.807, 2.05) is 6.07 Å². The van der Waals surface area contributed by atoms with Crippen molar-refractivity contribution in [2.24, 2.45) is 0 Å². The first kappa shape index (κ1) is 9.90. The molecule has 0 N–H and O–H groups in total. The van der Waals surface area contributed by atoms with E-state index in [2.05, 4.69) is 16.5 Å².